The second-order valence-electron chi connectivity index (χ2n) is 5.31. The Bertz CT molecular complexity index is 793. The number of rotatable bonds is 6. The standard InChI is InChI=1S/C19H20N2O3/c1-2-23-18-10-6-4-8-16(18)21-19(22)20-12-11-15-13-14-7-3-5-9-17(14)24-15/h3-10,13H,2,11-12H2,1H3,(H2,20,21,22). The number of para-hydroxylation sites is 3. The summed E-state index contributed by atoms with van der Waals surface area (Å²) in [5.41, 5.74) is 1.52. The van der Waals surface area contributed by atoms with Gasteiger partial charge in [-0.3, -0.25) is 0 Å². The monoisotopic (exact) mass is 324 g/mol. The SMILES string of the molecule is CCOc1ccccc1NC(=O)NCCc1cc2ccccc2o1. The molecule has 124 valence electrons. The Labute approximate surface area is 140 Å². The van der Waals surface area contributed by atoms with Gasteiger partial charge in [-0.25, -0.2) is 4.79 Å². The number of amides is 2. The van der Waals surface area contributed by atoms with E-state index in [1.165, 1.54) is 0 Å². The highest BCUT2D eigenvalue weighted by Crippen LogP contribution is 2.23. The molecule has 2 N–H and O–H groups in total. The highest BCUT2D eigenvalue weighted by atomic mass is 16.5. The molecule has 5 nitrogen and oxygen atoms in total. The van der Waals surface area contributed by atoms with Crippen LogP contribution >= 0.6 is 0 Å². The molecule has 0 fully saturated rings. The highest BCUT2D eigenvalue weighted by molar-refractivity contribution is 5.90. The molecule has 0 aliphatic heterocycles. The molecule has 0 aliphatic rings. The van der Waals surface area contributed by atoms with Crippen LogP contribution in [0.25, 0.3) is 11.0 Å². The zero-order valence-electron chi connectivity index (χ0n) is 13.5. The Morgan fingerprint density at radius 2 is 1.92 bits per heavy atom. The molecule has 0 unspecified atom stereocenters. The van der Waals surface area contributed by atoms with Crippen LogP contribution in [-0.2, 0) is 6.42 Å². The van der Waals surface area contributed by atoms with E-state index in [0.717, 1.165) is 16.7 Å². The van der Waals surface area contributed by atoms with E-state index in [4.69, 9.17) is 9.15 Å². The fraction of sp³-hybridized carbons (Fsp3) is 0.211. The van der Waals surface area contributed by atoms with Gasteiger partial charge in [-0.15, -0.1) is 0 Å². The predicted molar refractivity (Wildman–Crippen MR) is 94.6 cm³/mol. The fourth-order valence-electron chi connectivity index (χ4n) is 2.48. The zero-order chi connectivity index (χ0) is 16.8. The summed E-state index contributed by atoms with van der Waals surface area (Å²) in [6.07, 6.45) is 0.634. The first-order chi connectivity index (χ1) is 11.8. The van der Waals surface area contributed by atoms with Crippen LogP contribution in [0.3, 0.4) is 0 Å². The minimum absolute atomic E-state index is 0.265. The van der Waals surface area contributed by atoms with E-state index >= 15 is 0 Å². The number of benzene rings is 2. The van der Waals surface area contributed by atoms with Crippen molar-refractivity contribution in [3.63, 3.8) is 0 Å². The van der Waals surface area contributed by atoms with E-state index in [1.807, 2.05) is 61.5 Å². The Hall–Kier alpha value is -2.95. The molecular weight excluding hydrogens is 304 g/mol. The van der Waals surface area contributed by atoms with Crippen molar-refractivity contribution in [1.82, 2.24) is 5.32 Å². The third kappa shape index (κ3) is 3.87. The lowest BCUT2D eigenvalue weighted by molar-refractivity contribution is 0.252. The number of carbonyl (C=O) groups excluding carboxylic acids is 1. The van der Waals surface area contributed by atoms with Gasteiger partial charge in [0.15, 0.2) is 0 Å². The van der Waals surface area contributed by atoms with Gasteiger partial charge in [-0.2, -0.15) is 0 Å². The topological polar surface area (TPSA) is 63.5 Å². The molecule has 0 bridgehead atoms. The van der Waals surface area contributed by atoms with Gasteiger partial charge in [0.25, 0.3) is 0 Å². The van der Waals surface area contributed by atoms with Crippen molar-refractivity contribution in [2.45, 2.75) is 13.3 Å². The first-order valence-corrected chi connectivity index (χ1v) is 8.00. The van der Waals surface area contributed by atoms with Gasteiger partial charge in [0.05, 0.1) is 12.3 Å². The summed E-state index contributed by atoms with van der Waals surface area (Å²) in [4.78, 5) is 12.0. The van der Waals surface area contributed by atoms with Gasteiger partial charge in [0.1, 0.15) is 17.1 Å². The van der Waals surface area contributed by atoms with Gasteiger partial charge < -0.3 is 19.8 Å². The molecule has 0 atom stereocenters. The number of carbonyl (C=O) groups is 1. The minimum atomic E-state index is -0.265. The third-order valence-electron chi connectivity index (χ3n) is 3.57. The molecule has 24 heavy (non-hydrogen) atoms. The van der Waals surface area contributed by atoms with Gasteiger partial charge >= 0.3 is 6.03 Å². The quantitative estimate of drug-likeness (QED) is 0.714. The van der Waals surface area contributed by atoms with Crippen molar-refractivity contribution in [1.29, 1.82) is 0 Å². The van der Waals surface area contributed by atoms with Gasteiger partial charge in [-0.05, 0) is 31.2 Å². The molecule has 2 amide bonds. The molecule has 3 aromatic rings. The number of nitrogens with one attached hydrogen (secondary N) is 2. The van der Waals surface area contributed by atoms with Crippen molar-refractivity contribution in [3.05, 3.63) is 60.4 Å². The Balaban J connectivity index is 1.52. The zero-order valence-corrected chi connectivity index (χ0v) is 13.5. The minimum Gasteiger partial charge on any atom is -0.492 e. The van der Waals surface area contributed by atoms with Gasteiger partial charge in [0.2, 0.25) is 0 Å². The van der Waals surface area contributed by atoms with Crippen LogP contribution in [0.15, 0.2) is 59.0 Å². The summed E-state index contributed by atoms with van der Waals surface area (Å²) in [7, 11) is 0. The lowest BCUT2D eigenvalue weighted by atomic mass is 10.2. The van der Waals surface area contributed by atoms with Crippen molar-refractivity contribution in [2.24, 2.45) is 0 Å². The average molecular weight is 324 g/mol. The summed E-state index contributed by atoms with van der Waals surface area (Å²) < 4.78 is 11.2. The van der Waals surface area contributed by atoms with E-state index in [1.54, 1.807) is 0 Å². The van der Waals surface area contributed by atoms with E-state index in [9.17, 15) is 4.79 Å². The number of ether oxygens (including phenoxy) is 1. The molecule has 0 saturated carbocycles. The molecule has 3 rings (SSSR count). The number of urea groups is 1. The largest absolute Gasteiger partial charge is 0.492 e. The summed E-state index contributed by atoms with van der Waals surface area (Å²) >= 11 is 0. The van der Waals surface area contributed by atoms with Crippen LogP contribution in [0.5, 0.6) is 5.75 Å². The lowest BCUT2D eigenvalue weighted by Gasteiger charge is -2.11. The van der Waals surface area contributed by atoms with Gasteiger partial charge in [0, 0.05) is 18.4 Å². The van der Waals surface area contributed by atoms with E-state index in [-0.39, 0.29) is 6.03 Å². The summed E-state index contributed by atoms with van der Waals surface area (Å²) in [6.45, 7) is 2.94. The summed E-state index contributed by atoms with van der Waals surface area (Å²) in [6, 6.07) is 17.0. The molecule has 2 aromatic carbocycles. The van der Waals surface area contributed by atoms with Gasteiger partial charge in [-0.1, -0.05) is 30.3 Å². The first kappa shape index (κ1) is 15.9. The third-order valence-corrected chi connectivity index (χ3v) is 3.57. The van der Waals surface area contributed by atoms with Crippen LogP contribution in [0.4, 0.5) is 10.5 Å². The van der Waals surface area contributed by atoms with Crippen molar-refractivity contribution in [3.8, 4) is 5.75 Å². The Kier molecular flexibility index (Phi) is 5.01. The molecule has 1 heterocycles. The second-order valence-corrected chi connectivity index (χ2v) is 5.31. The fourth-order valence-corrected chi connectivity index (χ4v) is 2.48. The average Bonchev–Trinajstić information content (AvgIpc) is 2.99. The summed E-state index contributed by atoms with van der Waals surface area (Å²) in [5, 5.41) is 6.70. The molecule has 0 aliphatic carbocycles. The van der Waals surface area contributed by atoms with E-state index in [2.05, 4.69) is 10.6 Å². The molecule has 1 aromatic heterocycles. The number of fused-ring (bicyclic) bond motifs is 1. The smallest absolute Gasteiger partial charge is 0.319 e. The van der Waals surface area contributed by atoms with Crippen molar-refractivity contribution < 1.29 is 13.9 Å². The first-order valence-electron chi connectivity index (χ1n) is 8.00. The van der Waals surface area contributed by atoms with E-state index < -0.39 is 0 Å². The lowest BCUT2D eigenvalue weighted by Crippen LogP contribution is -2.30. The number of hydrogen-bond acceptors (Lipinski definition) is 3. The van der Waals surface area contributed by atoms with Crippen molar-refractivity contribution in [2.75, 3.05) is 18.5 Å². The van der Waals surface area contributed by atoms with Crippen LogP contribution in [-0.4, -0.2) is 19.2 Å². The number of hydrogen-bond donors (Lipinski definition) is 2. The van der Waals surface area contributed by atoms with Crippen LogP contribution in [0.2, 0.25) is 0 Å². The molecule has 0 radical (unpaired) electrons. The van der Waals surface area contributed by atoms with Crippen LogP contribution in [0, 0.1) is 0 Å². The van der Waals surface area contributed by atoms with Crippen LogP contribution in [0.1, 0.15) is 12.7 Å². The van der Waals surface area contributed by atoms with Crippen LogP contribution < -0.4 is 15.4 Å². The second kappa shape index (κ2) is 7.55. The van der Waals surface area contributed by atoms with E-state index in [0.29, 0.717) is 31.0 Å². The maximum atomic E-state index is 12.0. The number of anilines is 1. The maximum Gasteiger partial charge on any atom is 0.319 e. The molecular formula is C19H20N2O3. The molecule has 0 spiro atoms. The van der Waals surface area contributed by atoms with Crippen molar-refractivity contribution >= 4 is 22.7 Å². The molecule has 5 heteroatoms. The normalized spacial score (nSPS) is 10.5. The predicted octanol–water partition coefficient (Wildman–Crippen LogP) is 4.20. The summed E-state index contributed by atoms with van der Waals surface area (Å²) in [5.74, 6) is 1.51. The Morgan fingerprint density at radius 3 is 2.75 bits per heavy atom. The number of furan rings is 1. The molecule has 0 saturated heterocycles. The highest BCUT2D eigenvalue weighted by Gasteiger charge is 2.07. The maximum absolute atomic E-state index is 12.0. The Morgan fingerprint density at radius 1 is 1.12 bits per heavy atom.